The second-order valence-corrected chi connectivity index (χ2v) is 5.68. The van der Waals surface area contributed by atoms with Crippen molar-refractivity contribution in [3.8, 4) is 17.6 Å². The molecule has 2 aromatic carbocycles. The molecule has 0 unspecified atom stereocenters. The predicted molar refractivity (Wildman–Crippen MR) is 72.1 cm³/mol. The van der Waals surface area contributed by atoms with Crippen molar-refractivity contribution in [1.82, 2.24) is 0 Å². The third kappa shape index (κ3) is 4.37. The van der Waals surface area contributed by atoms with Gasteiger partial charge in [0.25, 0.3) is 0 Å². The number of hydrogen-bond donors (Lipinski definition) is 0. The zero-order valence-electron chi connectivity index (χ0n) is 11.2. The maximum Gasteiger partial charge on any atom is 0.573 e. The minimum Gasteiger partial charge on any atom is -0.404 e. The Morgan fingerprint density at radius 2 is 1.61 bits per heavy atom. The molecule has 0 aliphatic heterocycles. The number of para-hydroxylation sites is 1. The van der Waals surface area contributed by atoms with Crippen LogP contribution in [0.2, 0.25) is 0 Å². The van der Waals surface area contributed by atoms with E-state index in [1.165, 1.54) is 36.4 Å². The summed E-state index contributed by atoms with van der Waals surface area (Å²) in [6.45, 7) is 0. The zero-order chi connectivity index (χ0) is 17.1. The molecule has 0 radical (unpaired) electrons. The van der Waals surface area contributed by atoms with Crippen molar-refractivity contribution in [3.05, 3.63) is 54.1 Å². The van der Waals surface area contributed by atoms with Gasteiger partial charge in [-0.2, -0.15) is 13.7 Å². The van der Waals surface area contributed by atoms with Crippen LogP contribution in [0, 0.1) is 11.3 Å². The lowest BCUT2D eigenvalue weighted by atomic mass is 10.2. The number of benzene rings is 2. The van der Waals surface area contributed by atoms with Crippen molar-refractivity contribution < 1.29 is 30.5 Å². The van der Waals surface area contributed by atoms with E-state index in [0.29, 0.717) is 0 Å². The minimum atomic E-state index is -5.04. The molecule has 23 heavy (non-hydrogen) atoms. The van der Waals surface area contributed by atoms with Crippen LogP contribution < -0.4 is 8.92 Å². The largest absolute Gasteiger partial charge is 0.573 e. The van der Waals surface area contributed by atoms with Crippen LogP contribution in [-0.2, 0) is 10.1 Å². The smallest absolute Gasteiger partial charge is 0.404 e. The lowest BCUT2D eigenvalue weighted by Gasteiger charge is -2.13. The number of nitrogens with zero attached hydrogens (tertiary/aromatic N) is 1. The number of ether oxygens (including phenoxy) is 1. The number of hydrogen-bond acceptors (Lipinski definition) is 5. The summed E-state index contributed by atoms with van der Waals surface area (Å²) in [7, 11) is -4.54. The van der Waals surface area contributed by atoms with E-state index in [2.05, 4.69) is 4.74 Å². The number of alkyl halides is 3. The van der Waals surface area contributed by atoms with Crippen LogP contribution in [0.1, 0.15) is 5.56 Å². The zero-order valence-corrected chi connectivity index (χ0v) is 12.1. The van der Waals surface area contributed by atoms with E-state index in [9.17, 15) is 21.6 Å². The Bertz CT molecular complexity index is 840. The molecule has 2 rings (SSSR count). The molecule has 0 bridgehead atoms. The first-order chi connectivity index (χ1) is 10.7. The van der Waals surface area contributed by atoms with Crippen molar-refractivity contribution in [3.63, 3.8) is 0 Å². The lowest BCUT2D eigenvalue weighted by molar-refractivity contribution is -0.275. The van der Waals surface area contributed by atoms with Gasteiger partial charge in [0.15, 0.2) is 5.75 Å². The van der Waals surface area contributed by atoms with E-state index in [-0.39, 0.29) is 11.3 Å². The quantitative estimate of drug-likeness (QED) is 0.797. The molecule has 5 nitrogen and oxygen atoms in total. The van der Waals surface area contributed by atoms with Gasteiger partial charge in [-0.05, 0) is 36.4 Å². The lowest BCUT2D eigenvalue weighted by Crippen LogP contribution is -2.20. The average molecular weight is 343 g/mol. The Balaban J connectivity index is 2.34. The summed E-state index contributed by atoms with van der Waals surface area (Å²) in [6.07, 6.45) is -5.04. The fourth-order valence-electron chi connectivity index (χ4n) is 1.62. The summed E-state index contributed by atoms with van der Waals surface area (Å²) in [6, 6.07) is 11.1. The molecule has 0 fully saturated rings. The molecular weight excluding hydrogens is 335 g/mol. The normalized spacial score (nSPS) is 11.6. The van der Waals surface area contributed by atoms with Gasteiger partial charge in [-0.1, -0.05) is 12.1 Å². The molecule has 0 aliphatic carbocycles. The second-order valence-electron chi connectivity index (χ2n) is 4.17. The van der Waals surface area contributed by atoms with Crippen LogP contribution in [0.4, 0.5) is 13.2 Å². The Morgan fingerprint density at radius 1 is 1.00 bits per heavy atom. The molecule has 0 heterocycles. The van der Waals surface area contributed by atoms with Crippen molar-refractivity contribution in [2.45, 2.75) is 11.3 Å². The Kier molecular flexibility index (Phi) is 4.47. The first-order valence-electron chi connectivity index (χ1n) is 6.01. The van der Waals surface area contributed by atoms with Gasteiger partial charge in [0.05, 0.1) is 11.6 Å². The summed E-state index contributed by atoms with van der Waals surface area (Å²) in [4.78, 5) is -0.762. The highest BCUT2D eigenvalue weighted by Crippen LogP contribution is 2.31. The molecule has 0 aliphatic rings. The van der Waals surface area contributed by atoms with Crippen LogP contribution in [0.15, 0.2) is 53.4 Å². The van der Waals surface area contributed by atoms with Crippen LogP contribution in [-0.4, -0.2) is 14.8 Å². The maximum atomic E-state index is 12.3. The first-order valence-corrected chi connectivity index (χ1v) is 7.41. The first kappa shape index (κ1) is 16.6. The van der Waals surface area contributed by atoms with Crippen molar-refractivity contribution in [2.24, 2.45) is 0 Å². The van der Waals surface area contributed by atoms with E-state index < -0.39 is 27.1 Å². The van der Waals surface area contributed by atoms with E-state index >= 15 is 0 Å². The molecule has 0 spiro atoms. The number of rotatable bonds is 4. The molecule has 9 heteroatoms. The molecule has 0 saturated heterocycles. The second kappa shape index (κ2) is 6.18. The van der Waals surface area contributed by atoms with Crippen LogP contribution in [0.5, 0.6) is 11.5 Å². The summed E-state index contributed by atoms with van der Waals surface area (Å²) in [5.74, 6) is -1.04. The summed E-state index contributed by atoms with van der Waals surface area (Å²) >= 11 is 0. The van der Waals surface area contributed by atoms with Gasteiger partial charge in [-0.25, -0.2) is 0 Å². The predicted octanol–water partition coefficient (Wildman–Crippen LogP) is 3.22. The van der Waals surface area contributed by atoms with Gasteiger partial charge in [0, 0.05) is 0 Å². The molecule has 0 atom stereocenters. The van der Waals surface area contributed by atoms with Crippen LogP contribution >= 0.6 is 0 Å². The average Bonchev–Trinajstić information content (AvgIpc) is 2.46. The standard InChI is InChI=1S/C14H8F3NO4S/c15-14(16,17)21-12-3-1-2-4-13(12)23(19,20)22-11-7-5-10(9-18)6-8-11/h1-8H. The van der Waals surface area contributed by atoms with Gasteiger partial charge in [0.2, 0.25) is 0 Å². The Hall–Kier alpha value is -2.73. The van der Waals surface area contributed by atoms with Crippen molar-refractivity contribution in [2.75, 3.05) is 0 Å². The third-order valence-electron chi connectivity index (χ3n) is 2.53. The highest BCUT2D eigenvalue weighted by molar-refractivity contribution is 7.87. The summed E-state index contributed by atoms with van der Waals surface area (Å²) in [5.41, 5.74) is 0.274. The van der Waals surface area contributed by atoms with E-state index in [0.717, 1.165) is 12.1 Å². The SMILES string of the molecule is N#Cc1ccc(OS(=O)(=O)c2ccccc2OC(F)(F)F)cc1. The van der Waals surface area contributed by atoms with Crippen LogP contribution in [0.3, 0.4) is 0 Å². The molecule has 0 saturated carbocycles. The summed E-state index contributed by atoms with van der Waals surface area (Å²) < 4.78 is 69.7. The highest BCUT2D eigenvalue weighted by Gasteiger charge is 2.34. The molecule has 0 amide bonds. The van der Waals surface area contributed by atoms with Gasteiger partial charge in [0.1, 0.15) is 10.6 Å². The molecule has 120 valence electrons. The molecule has 2 aromatic rings. The van der Waals surface area contributed by atoms with Crippen LogP contribution in [0.25, 0.3) is 0 Å². The van der Waals surface area contributed by atoms with Gasteiger partial charge < -0.3 is 8.92 Å². The Morgan fingerprint density at radius 3 is 2.17 bits per heavy atom. The number of halogens is 3. The fourth-order valence-corrected chi connectivity index (χ4v) is 2.68. The Labute approximate surface area is 129 Å². The van der Waals surface area contributed by atoms with Gasteiger partial charge in [-0.15, -0.1) is 13.2 Å². The van der Waals surface area contributed by atoms with E-state index in [1.54, 1.807) is 0 Å². The van der Waals surface area contributed by atoms with Crippen molar-refractivity contribution >= 4 is 10.1 Å². The number of nitriles is 1. The third-order valence-corrected chi connectivity index (χ3v) is 3.82. The van der Waals surface area contributed by atoms with Gasteiger partial charge in [-0.3, -0.25) is 0 Å². The maximum absolute atomic E-state index is 12.3. The molecule has 0 N–H and O–H groups in total. The van der Waals surface area contributed by atoms with E-state index in [1.807, 2.05) is 6.07 Å². The monoisotopic (exact) mass is 343 g/mol. The summed E-state index contributed by atoms with van der Waals surface area (Å²) in [5, 5.41) is 8.65. The van der Waals surface area contributed by atoms with E-state index in [4.69, 9.17) is 9.44 Å². The minimum absolute atomic E-state index is 0.147. The van der Waals surface area contributed by atoms with Crippen molar-refractivity contribution in [1.29, 1.82) is 5.26 Å². The topological polar surface area (TPSA) is 76.4 Å². The molecule has 0 aromatic heterocycles. The molecular formula is C14H8F3NO4S. The highest BCUT2D eigenvalue weighted by atomic mass is 32.2. The van der Waals surface area contributed by atoms with Gasteiger partial charge >= 0.3 is 16.5 Å². The fraction of sp³-hybridized carbons (Fsp3) is 0.0714.